The number of nitrogens with one attached hydrogen (secondary N) is 2. The Hall–Kier alpha value is -2.15. The first kappa shape index (κ1) is 17.2. The van der Waals surface area contributed by atoms with Gasteiger partial charge in [0.1, 0.15) is 0 Å². The third kappa shape index (κ3) is 4.66. The molecule has 0 aromatic heterocycles. The molecule has 2 aromatic carbocycles. The second kappa shape index (κ2) is 7.41. The number of carboxylic acid groups (broad SMARTS) is 1. The van der Waals surface area contributed by atoms with Gasteiger partial charge in [0.25, 0.3) is 5.91 Å². The first-order valence-electron chi connectivity index (χ1n) is 6.27. The van der Waals surface area contributed by atoms with Crippen molar-refractivity contribution in [2.45, 2.75) is 0 Å². The van der Waals surface area contributed by atoms with Crippen molar-refractivity contribution < 1.29 is 14.7 Å². The Morgan fingerprint density at radius 1 is 1.09 bits per heavy atom. The number of carbonyl (C=O) groups is 2. The third-order valence-corrected chi connectivity index (χ3v) is 3.54. The summed E-state index contributed by atoms with van der Waals surface area (Å²) in [5.74, 6) is -1.58. The van der Waals surface area contributed by atoms with Crippen molar-refractivity contribution in [1.82, 2.24) is 5.32 Å². The molecule has 0 fully saturated rings. The highest BCUT2D eigenvalue weighted by Crippen LogP contribution is 2.20. The lowest BCUT2D eigenvalue weighted by molar-refractivity contribution is 0.0696. The van der Waals surface area contributed by atoms with E-state index in [2.05, 4.69) is 10.6 Å². The largest absolute Gasteiger partial charge is 0.478 e. The maximum Gasteiger partial charge on any atom is 0.335 e. The fraction of sp³-hybridized carbons (Fsp3) is 0. The molecule has 118 valence electrons. The third-order valence-electron chi connectivity index (χ3n) is 2.77. The Bertz CT molecular complexity index is 796. The minimum atomic E-state index is -1.06. The van der Waals surface area contributed by atoms with E-state index in [0.717, 1.165) is 0 Å². The van der Waals surface area contributed by atoms with Gasteiger partial charge in [0.05, 0.1) is 16.1 Å². The second-order valence-corrected chi connectivity index (χ2v) is 5.67. The normalized spacial score (nSPS) is 10.0. The number of rotatable bonds is 3. The van der Waals surface area contributed by atoms with Crippen molar-refractivity contribution in [2.24, 2.45) is 0 Å². The number of thiocarbonyl (C=S) groups is 1. The molecular formula is C15H10Cl2N2O3S. The van der Waals surface area contributed by atoms with Crippen LogP contribution in [-0.2, 0) is 0 Å². The van der Waals surface area contributed by atoms with Crippen LogP contribution in [0.3, 0.4) is 0 Å². The van der Waals surface area contributed by atoms with Crippen LogP contribution in [0.4, 0.5) is 5.69 Å². The summed E-state index contributed by atoms with van der Waals surface area (Å²) >= 11 is 16.8. The van der Waals surface area contributed by atoms with Gasteiger partial charge in [-0.25, -0.2) is 4.79 Å². The molecule has 0 aliphatic carbocycles. The highest BCUT2D eigenvalue weighted by atomic mass is 35.5. The summed E-state index contributed by atoms with van der Waals surface area (Å²) in [6.07, 6.45) is 0. The zero-order valence-electron chi connectivity index (χ0n) is 11.5. The molecule has 2 aromatic rings. The number of carbonyl (C=O) groups excluding carboxylic acids is 1. The van der Waals surface area contributed by atoms with Crippen molar-refractivity contribution in [3.63, 3.8) is 0 Å². The molecule has 0 atom stereocenters. The highest BCUT2D eigenvalue weighted by molar-refractivity contribution is 7.80. The topological polar surface area (TPSA) is 78.4 Å². The van der Waals surface area contributed by atoms with Gasteiger partial charge in [-0.05, 0) is 48.6 Å². The van der Waals surface area contributed by atoms with Crippen LogP contribution in [-0.4, -0.2) is 22.1 Å². The molecule has 0 heterocycles. The molecular weight excluding hydrogens is 359 g/mol. The van der Waals surface area contributed by atoms with Crippen LogP contribution in [0.2, 0.25) is 10.0 Å². The predicted molar refractivity (Wildman–Crippen MR) is 93.6 cm³/mol. The van der Waals surface area contributed by atoms with Crippen LogP contribution in [0.1, 0.15) is 20.7 Å². The molecule has 0 aliphatic rings. The van der Waals surface area contributed by atoms with E-state index in [1.165, 1.54) is 24.3 Å². The Balaban J connectivity index is 2.07. The summed E-state index contributed by atoms with van der Waals surface area (Å²) in [4.78, 5) is 23.0. The average molecular weight is 369 g/mol. The van der Waals surface area contributed by atoms with Gasteiger partial charge in [-0.2, -0.15) is 0 Å². The van der Waals surface area contributed by atoms with Crippen molar-refractivity contribution >= 4 is 58.1 Å². The quantitative estimate of drug-likeness (QED) is 0.717. The lowest BCUT2D eigenvalue weighted by Crippen LogP contribution is -2.34. The van der Waals surface area contributed by atoms with Crippen molar-refractivity contribution in [2.75, 3.05) is 5.32 Å². The standard InChI is InChI=1S/C15H10Cl2N2O3S/c16-9-4-5-12(17)11(7-9)13(20)19-15(23)18-10-3-1-2-8(6-10)14(21)22/h1-7H,(H,21,22)(H2,18,19,20,23). The molecule has 23 heavy (non-hydrogen) atoms. The summed E-state index contributed by atoms with van der Waals surface area (Å²) in [5.41, 5.74) is 0.719. The van der Waals surface area contributed by atoms with Gasteiger partial charge in [0, 0.05) is 10.7 Å². The van der Waals surface area contributed by atoms with E-state index in [1.54, 1.807) is 18.2 Å². The smallest absolute Gasteiger partial charge is 0.335 e. The minimum Gasteiger partial charge on any atom is -0.478 e. The van der Waals surface area contributed by atoms with Gasteiger partial charge < -0.3 is 10.4 Å². The van der Waals surface area contributed by atoms with E-state index in [-0.39, 0.29) is 21.3 Å². The van der Waals surface area contributed by atoms with Gasteiger partial charge >= 0.3 is 5.97 Å². The van der Waals surface area contributed by atoms with Gasteiger partial charge in [-0.1, -0.05) is 29.3 Å². The fourth-order valence-corrected chi connectivity index (χ4v) is 2.32. The van der Waals surface area contributed by atoms with Crippen LogP contribution < -0.4 is 10.6 Å². The predicted octanol–water partition coefficient (Wildman–Crippen LogP) is 3.82. The number of amides is 1. The van der Waals surface area contributed by atoms with Gasteiger partial charge in [0.2, 0.25) is 0 Å². The SMILES string of the molecule is O=C(O)c1cccc(NC(=S)NC(=O)c2cc(Cl)ccc2Cl)c1. The lowest BCUT2D eigenvalue weighted by Gasteiger charge is -2.11. The molecule has 0 unspecified atom stereocenters. The number of benzene rings is 2. The number of anilines is 1. The average Bonchev–Trinajstić information content (AvgIpc) is 2.49. The maximum absolute atomic E-state index is 12.1. The van der Waals surface area contributed by atoms with E-state index in [4.69, 9.17) is 40.5 Å². The molecule has 5 nitrogen and oxygen atoms in total. The zero-order chi connectivity index (χ0) is 17.0. The Morgan fingerprint density at radius 2 is 1.83 bits per heavy atom. The first-order chi connectivity index (χ1) is 10.9. The van der Waals surface area contributed by atoms with Gasteiger partial charge in [-0.3, -0.25) is 10.1 Å². The maximum atomic E-state index is 12.1. The highest BCUT2D eigenvalue weighted by Gasteiger charge is 2.13. The summed E-state index contributed by atoms with van der Waals surface area (Å²) < 4.78 is 0. The monoisotopic (exact) mass is 368 g/mol. The Morgan fingerprint density at radius 3 is 2.52 bits per heavy atom. The fourth-order valence-electron chi connectivity index (χ4n) is 1.73. The molecule has 3 N–H and O–H groups in total. The van der Waals surface area contributed by atoms with Crippen molar-refractivity contribution in [1.29, 1.82) is 0 Å². The number of aromatic carboxylic acids is 1. The molecule has 2 rings (SSSR count). The van der Waals surface area contributed by atoms with Gasteiger partial charge in [0.15, 0.2) is 5.11 Å². The van der Waals surface area contributed by atoms with Crippen LogP contribution in [0.15, 0.2) is 42.5 Å². The van der Waals surface area contributed by atoms with Crippen LogP contribution in [0.25, 0.3) is 0 Å². The summed E-state index contributed by atoms with van der Waals surface area (Å²) in [7, 11) is 0. The van der Waals surface area contributed by atoms with E-state index < -0.39 is 11.9 Å². The first-order valence-corrected chi connectivity index (χ1v) is 7.44. The number of halogens is 2. The number of hydrogen-bond donors (Lipinski definition) is 3. The molecule has 8 heteroatoms. The van der Waals surface area contributed by atoms with Gasteiger partial charge in [-0.15, -0.1) is 0 Å². The summed E-state index contributed by atoms with van der Waals surface area (Å²) in [5, 5.41) is 14.7. The Kier molecular flexibility index (Phi) is 5.54. The molecule has 0 spiro atoms. The number of carboxylic acids is 1. The lowest BCUT2D eigenvalue weighted by atomic mass is 10.2. The van der Waals surface area contributed by atoms with Crippen molar-refractivity contribution in [3.05, 3.63) is 63.6 Å². The van der Waals surface area contributed by atoms with Crippen LogP contribution in [0, 0.1) is 0 Å². The molecule has 0 radical (unpaired) electrons. The molecule has 0 saturated carbocycles. The molecule has 0 aliphatic heterocycles. The summed E-state index contributed by atoms with van der Waals surface area (Å²) in [6, 6.07) is 10.5. The van der Waals surface area contributed by atoms with E-state index in [9.17, 15) is 9.59 Å². The van der Waals surface area contributed by atoms with E-state index in [1.807, 2.05) is 0 Å². The summed E-state index contributed by atoms with van der Waals surface area (Å²) in [6.45, 7) is 0. The molecule has 1 amide bonds. The van der Waals surface area contributed by atoms with Crippen LogP contribution >= 0.6 is 35.4 Å². The van der Waals surface area contributed by atoms with E-state index >= 15 is 0 Å². The molecule has 0 bridgehead atoms. The number of hydrogen-bond acceptors (Lipinski definition) is 3. The Labute approximate surface area is 147 Å². The van der Waals surface area contributed by atoms with Crippen LogP contribution in [0.5, 0.6) is 0 Å². The molecule has 0 saturated heterocycles. The van der Waals surface area contributed by atoms with Crippen molar-refractivity contribution in [3.8, 4) is 0 Å². The van der Waals surface area contributed by atoms with E-state index in [0.29, 0.717) is 10.7 Å². The zero-order valence-corrected chi connectivity index (χ0v) is 13.8. The minimum absolute atomic E-state index is 0.00795. The second-order valence-electron chi connectivity index (χ2n) is 4.42.